The summed E-state index contributed by atoms with van der Waals surface area (Å²) in [5.41, 5.74) is 0.487. The Balaban J connectivity index is 1.51. The summed E-state index contributed by atoms with van der Waals surface area (Å²) in [6.45, 7) is 8.28. The van der Waals surface area contributed by atoms with E-state index in [4.69, 9.17) is 0 Å². The van der Waals surface area contributed by atoms with Crippen molar-refractivity contribution in [2.75, 3.05) is 6.54 Å². The highest BCUT2D eigenvalue weighted by Gasteiger charge is 2.53. The third kappa shape index (κ3) is 2.28. The fourth-order valence-electron chi connectivity index (χ4n) is 4.94. The second-order valence-corrected chi connectivity index (χ2v) is 8.03. The van der Waals surface area contributed by atoms with Crippen LogP contribution in [0.5, 0.6) is 0 Å². The molecule has 0 aromatic rings. The zero-order valence-corrected chi connectivity index (χ0v) is 11.8. The third-order valence-electron chi connectivity index (χ3n) is 5.71. The predicted octanol–water partition coefficient (Wildman–Crippen LogP) is 3.84. The lowest BCUT2D eigenvalue weighted by atomic mass is 9.79. The Hall–Kier alpha value is -0.0400. The Morgan fingerprint density at radius 1 is 1.00 bits per heavy atom. The van der Waals surface area contributed by atoms with Gasteiger partial charge in [0.1, 0.15) is 0 Å². The molecule has 0 radical (unpaired) electrons. The van der Waals surface area contributed by atoms with Gasteiger partial charge in [-0.25, -0.2) is 0 Å². The molecule has 3 aliphatic carbocycles. The smallest absolute Gasteiger partial charge is 0.0101 e. The van der Waals surface area contributed by atoms with Crippen LogP contribution in [0.3, 0.4) is 0 Å². The first-order chi connectivity index (χ1) is 8.04. The average molecular weight is 235 g/mol. The molecule has 5 atom stereocenters. The van der Waals surface area contributed by atoms with Crippen LogP contribution in [-0.2, 0) is 0 Å². The van der Waals surface area contributed by atoms with E-state index >= 15 is 0 Å². The molecular weight excluding hydrogens is 206 g/mol. The maximum absolute atomic E-state index is 3.88. The molecule has 3 saturated carbocycles. The largest absolute Gasteiger partial charge is 0.314 e. The topological polar surface area (TPSA) is 12.0 Å². The van der Waals surface area contributed by atoms with Crippen molar-refractivity contribution < 1.29 is 0 Å². The van der Waals surface area contributed by atoms with Crippen LogP contribution in [0.15, 0.2) is 0 Å². The summed E-state index contributed by atoms with van der Waals surface area (Å²) in [5.74, 6) is 4.40. The molecule has 0 amide bonds. The lowest BCUT2D eigenvalue weighted by Crippen LogP contribution is -2.40. The molecule has 3 aliphatic rings. The van der Waals surface area contributed by atoms with Crippen LogP contribution in [-0.4, -0.2) is 12.6 Å². The number of hydrogen-bond acceptors (Lipinski definition) is 1. The van der Waals surface area contributed by atoms with Gasteiger partial charge in [0.15, 0.2) is 0 Å². The molecule has 0 spiro atoms. The molecule has 5 unspecified atom stereocenters. The summed E-state index contributed by atoms with van der Waals surface area (Å²) in [5, 5.41) is 3.88. The third-order valence-corrected chi connectivity index (χ3v) is 5.71. The second kappa shape index (κ2) is 4.26. The van der Waals surface area contributed by atoms with Crippen LogP contribution >= 0.6 is 0 Å². The summed E-state index contributed by atoms with van der Waals surface area (Å²) in [6.07, 6.45) is 8.99. The van der Waals surface area contributed by atoms with Gasteiger partial charge in [-0.05, 0) is 67.7 Å². The van der Waals surface area contributed by atoms with Crippen LogP contribution in [0.4, 0.5) is 0 Å². The van der Waals surface area contributed by atoms with E-state index in [1.54, 1.807) is 19.3 Å². The Labute approximate surface area is 107 Å². The van der Waals surface area contributed by atoms with Crippen molar-refractivity contribution in [3.05, 3.63) is 0 Å². The van der Waals surface area contributed by atoms with Gasteiger partial charge in [-0.1, -0.05) is 27.2 Å². The van der Waals surface area contributed by atoms with Crippen molar-refractivity contribution in [2.24, 2.45) is 29.1 Å². The van der Waals surface area contributed by atoms with E-state index in [1.165, 1.54) is 25.8 Å². The molecule has 0 aliphatic heterocycles. The maximum atomic E-state index is 3.88. The fourth-order valence-corrected chi connectivity index (χ4v) is 4.94. The Morgan fingerprint density at radius 2 is 1.76 bits per heavy atom. The van der Waals surface area contributed by atoms with E-state index in [9.17, 15) is 0 Å². The van der Waals surface area contributed by atoms with Crippen molar-refractivity contribution in [1.29, 1.82) is 0 Å². The van der Waals surface area contributed by atoms with Crippen LogP contribution in [0.1, 0.15) is 59.3 Å². The van der Waals surface area contributed by atoms with E-state index in [0.717, 1.165) is 29.7 Å². The van der Waals surface area contributed by atoms with Gasteiger partial charge in [-0.3, -0.25) is 0 Å². The SMILES string of the molecule is CC(C)(C)CCNC1CC2CC1C1CCCC21. The minimum atomic E-state index is 0.487. The summed E-state index contributed by atoms with van der Waals surface area (Å²) in [7, 11) is 0. The molecule has 3 rings (SSSR count). The van der Waals surface area contributed by atoms with Gasteiger partial charge < -0.3 is 5.32 Å². The first-order valence-electron chi connectivity index (χ1n) is 7.78. The molecule has 1 nitrogen and oxygen atoms in total. The zero-order chi connectivity index (χ0) is 12.0. The summed E-state index contributed by atoms with van der Waals surface area (Å²) >= 11 is 0. The normalized spacial score (nSPS) is 44.3. The predicted molar refractivity (Wildman–Crippen MR) is 72.9 cm³/mol. The first kappa shape index (κ1) is 12.0. The highest BCUT2D eigenvalue weighted by molar-refractivity contribution is 5.05. The fraction of sp³-hybridized carbons (Fsp3) is 1.00. The molecule has 17 heavy (non-hydrogen) atoms. The molecule has 3 fully saturated rings. The minimum absolute atomic E-state index is 0.487. The van der Waals surface area contributed by atoms with Gasteiger partial charge in [0.25, 0.3) is 0 Å². The summed E-state index contributed by atoms with van der Waals surface area (Å²) in [6, 6.07) is 0.877. The van der Waals surface area contributed by atoms with Gasteiger partial charge in [-0.2, -0.15) is 0 Å². The first-order valence-corrected chi connectivity index (χ1v) is 7.78. The maximum Gasteiger partial charge on any atom is 0.0101 e. The van der Waals surface area contributed by atoms with Crippen LogP contribution in [0, 0.1) is 29.1 Å². The number of fused-ring (bicyclic) bond motifs is 5. The van der Waals surface area contributed by atoms with Gasteiger partial charge in [0, 0.05) is 6.04 Å². The number of rotatable bonds is 3. The summed E-state index contributed by atoms with van der Waals surface area (Å²) < 4.78 is 0. The van der Waals surface area contributed by atoms with E-state index in [0.29, 0.717) is 5.41 Å². The van der Waals surface area contributed by atoms with E-state index < -0.39 is 0 Å². The lowest BCUT2D eigenvalue weighted by molar-refractivity contribution is 0.204. The Kier molecular flexibility index (Phi) is 3.01. The minimum Gasteiger partial charge on any atom is -0.314 e. The summed E-state index contributed by atoms with van der Waals surface area (Å²) in [4.78, 5) is 0. The van der Waals surface area contributed by atoms with Crippen molar-refractivity contribution in [3.63, 3.8) is 0 Å². The monoisotopic (exact) mass is 235 g/mol. The van der Waals surface area contributed by atoms with Crippen molar-refractivity contribution in [1.82, 2.24) is 5.32 Å². The standard InChI is InChI=1S/C16H29N/c1-16(2,3)7-8-17-15-10-11-9-14(15)13-6-4-5-12(11)13/h11-15,17H,4-10H2,1-3H3. The molecule has 0 aromatic carbocycles. The molecule has 1 N–H and O–H groups in total. The molecule has 0 saturated heterocycles. The van der Waals surface area contributed by atoms with Crippen molar-refractivity contribution in [3.8, 4) is 0 Å². The molecule has 2 bridgehead atoms. The number of nitrogens with one attached hydrogen (secondary N) is 1. The van der Waals surface area contributed by atoms with Gasteiger partial charge in [0.2, 0.25) is 0 Å². The molecule has 0 aromatic heterocycles. The second-order valence-electron chi connectivity index (χ2n) is 8.03. The molecular formula is C16H29N. The van der Waals surface area contributed by atoms with Crippen molar-refractivity contribution >= 4 is 0 Å². The Morgan fingerprint density at radius 3 is 2.53 bits per heavy atom. The molecule has 98 valence electrons. The highest BCUT2D eigenvalue weighted by atomic mass is 14.9. The van der Waals surface area contributed by atoms with E-state index in [2.05, 4.69) is 26.1 Å². The van der Waals surface area contributed by atoms with Gasteiger partial charge in [0.05, 0.1) is 0 Å². The lowest BCUT2D eigenvalue weighted by Gasteiger charge is -2.33. The van der Waals surface area contributed by atoms with Crippen LogP contribution in [0.25, 0.3) is 0 Å². The van der Waals surface area contributed by atoms with Crippen LogP contribution < -0.4 is 5.32 Å². The van der Waals surface area contributed by atoms with Crippen molar-refractivity contribution in [2.45, 2.75) is 65.3 Å². The van der Waals surface area contributed by atoms with E-state index in [1.807, 2.05) is 0 Å². The quantitative estimate of drug-likeness (QED) is 0.784. The van der Waals surface area contributed by atoms with Crippen LogP contribution in [0.2, 0.25) is 0 Å². The highest BCUT2D eigenvalue weighted by Crippen LogP contribution is 2.58. The Bertz CT molecular complexity index is 278. The average Bonchev–Trinajstić information content (AvgIpc) is 2.85. The molecule has 0 heterocycles. The molecule has 1 heteroatoms. The van der Waals surface area contributed by atoms with Gasteiger partial charge >= 0.3 is 0 Å². The number of hydrogen-bond donors (Lipinski definition) is 1. The zero-order valence-electron chi connectivity index (χ0n) is 11.8. The van der Waals surface area contributed by atoms with E-state index in [-0.39, 0.29) is 0 Å². The van der Waals surface area contributed by atoms with Gasteiger partial charge in [-0.15, -0.1) is 0 Å².